The Balaban J connectivity index is 2.32. The predicted octanol–water partition coefficient (Wildman–Crippen LogP) is 3.91. The topological polar surface area (TPSA) is 63.5 Å². The number of hydrogen-bond donors (Lipinski definition) is 0. The van der Waals surface area contributed by atoms with Gasteiger partial charge in [-0.1, -0.05) is 37.6 Å². The molecule has 1 aliphatic rings. The van der Waals surface area contributed by atoms with E-state index in [4.69, 9.17) is 4.74 Å². The Morgan fingerprint density at radius 1 is 1.15 bits per heavy atom. The lowest BCUT2D eigenvalue weighted by Gasteiger charge is -2.17. The highest BCUT2D eigenvalue weighted by molar-refractivity contribution is 7.89. The minimum atomic E-state index is -3.64. The summed E-state index contributed by atoms with van der Waals surface area (Å²) < 4.78 is 33.4. The van der Waals surface area contributed by atoms with Gasteiger partial charge >= 0.3 is 5.97 Å². The Kier molecular flexibility index (Phi) is 5.93. The predicted molar refractivity (Wildman–Crippen MR) is 107 cm³/mol. The van der Waals surface area contributed by atoms with Crippen LogP contribution in [-0.4, -0.2) is 36.4 Å². The molecule has 1 saturated heterocycles. The van der Waals surface area contributed by atoms with Crippen LogP contribution in [0.25, 0.3) is 0 Å². The van der Waals surface area contributed by atoms with Crippen molar-refractivity contribution < 1.29 is 17.9 Å². The summed E-state index contributed by atoms with van der Waals surface area (Å²) in [5.74, 6) is -0.323. The second-order valence-corrected chi connectivity index (χ2v) is 10.5. The van der Waals surface area contributed by atoms with Crippen LogP contribution in [0.4, 0.5) is 0 Å². The highest BCUT2D eigenvalue weighted by atomic mass is 32.2. The van der Waals surface area contributed by atoms with Crippen LogP contribution in [-0.2, 0) is 19.6 Å². The van der Waals surface area contributed by atoms with Gasteiger partial charge in [-0.2, -0.15) is 4.31 Å². The molecular formula is C21H31NO4S. The summed E-state index contributed by atoms with van der Waals surface area (Å²) >= 11 is 0. The maximum absolute atomic E-state index is 13.3. The van der Waals surface area contributed by atoms with Crippen molar-refractivity contribution in [2.45, 2.75) is 78.0 Å². The van der Waals surface area contributed by atoms with Crippen LogP contribution >= 0.6 is 0 Å². The third-order valence-corrected chi connectivity index (χ3v) is 6.71. The molecule has 1 aromatic carbocycles. The third kappa shape index (κ3) is 4.79. The van der Waals surface area contributed by atoms with Crippen molar-refractivity contribution in [3.8, 4) is 0 Å². The number of esters is 1. The third-order valence-electron chi connectivity index (χ3n) is 4.51. The molecule has 150 valence electrons. The van der Waals surface area contributed by atoms with Crippen LogP contribution in [0.1, 0.15) is 51.3 Å². The first-order valence-electron chi connectivity index (χ1n) is 9.28. The summed E-state index contributed by atoms with van der Waals surface area (Å²) in [6, 6.07) is 3.29. The molecule has 1 fully saturated rings. The second kappa shape index (κ2) is 7.40. The van der Waals surface area contributed by atoms with Gasteiger partial charge in [-0.05, 0) is 58.6 Å². The number of aryl methyl sites for hydroxylation is 3. The molecule has 3 atom stereocenters. The van der Waals surface area contributed by atoms with Crippen molar-refractivity contribution in [2.24, 2.45) is 5.92 Å². The smallest absolute Gasteiger partial charge is 0.331 e. The minimum absolute atomic E-state index is 0.138. The molecule has 2 rings (SSSR count). The highest BCUT2D eigenvalue weighted by Crippen LogP contribution is 2.42. The molecule has 1 unspecified atom stereocenters. The van der Waals surface area contributed by atoms with Gasteiger partial charge in [-0.15, -0.1) is 0 Å². The zero-order chi connectivity index (χ0) is 20.7. The molecule has 0 N–H and O–H groups in total. The molecule has 1 heterocycles. The van der Waals surface area contributed by atoms with Crippen LogP contribution in [0.15, 0.2) is 29.2 Å². The van der Waals surface area contributed by atoms with Gasteiger partial charge in [0.25, 0.3) is 0 Å². The van der Waals surface area contributed by atoms with Crippen LogP contribution in [0, 0.1) is 26.7 Å². The summed E-state index contributed by atoms with van der Waals surface area (Å²) in [6.07, 6.45) is 2.99. The van der Waals surface area contributed by atoms with Crippen molar-refractivity contribution in [3.05, 3.63) is 41.0 Å². The van der Waals surface area contributed by atoms with Crippen LogP contribution < -0.4 is 0 Å². The molecule has 0 aliphatic carbocycles. The van der Waals surface area contributed by atoms with Gasteiger partial charge in [0.15, 0.2) is 0 Å². The number of carbonyl (C=O) groups excluding carboxylic acids is 1. The lowest BCUT2D eigenvalue weighted by Crippen LogP contribution is -2.22. The molecule has 0 bridgehead atoms. The average Bonchev–Trinajstić information content (AvgIpc) is 3.17. The molecule has 0 spiro atoms. The van der Waals surface area contributed by atoms with E-state index in [9.17, 15) is 13.2 Å². The van der Waals surface area contributed by atoms with Crippen molar-refractivity contribution in [3.63, 3.8) is 0 Å². The summed E-state index contributed by atoms with van der Waals surface area (Å²) in [5.41, 5.74) is 1.95. The van der Waals surface area contributed by atoms with Crippen molar-refractivity contribution in [1.82, 2.24) is 4.31 Å². The Hall–Kier alpha value is -1.66. The number of hydrogen-bond acceptors (Lipinski definition) is 4. The van der Waals surface area contributed by atoms with Crippen molar-refractivity contribution in [1.29, 1.82) is 0 Å². The number of carbonyl (C=O) groups is 1. The van der Waals surface area contributed by atoms with E-state index < -0.39 is 21.6 Å². The summed E-state index contributed by atoms with van der Waals surface area (Å²) in [7, 11) is -3.64. The van der Waals surface area contributed by atoms with Gasteiger partial charge in [0.2, 0.25) is 10.0 Å². The number of rotatable bonds is 5. The first kappa shape index (κ1) is 21.6. The fourth-order valence-electron chi connectivity index (χ4n) is 3.65. The molecule has 0 radical (unpaired) electrons. The van der Waals surface area contributed by atoms with Gasteiger partial charge in [-0.25, -0.2) is 13.2 Å². The van der Waals surface area contributed by atoms with E-state index in [-0.39, 0.29) is 18.0 Å². The number of sulfonamides is 1. The van der Waals surface area contributed by atoms with E-state index in [1.807, 2.05) is 46.8 Å². The van der Waals surface area contributed by atoms with Gasteiger partial charge in [0.1, 0.15) is 5.60 Å². The van der Waals surface area contributed by atoms with E-state index >= 15 is 0 Å². The van der Waals surface area contributed by atoms with Crippen LogP contribution in [0.2, 0.25) is 0 Å². The molecule has 27 heavy (non-hydrogen) atoms. The SMILES string of the molecule is Cc1cc(C)c(S(=O)(=O)N2[C@H](/C=C/C(=O)OC(C)(C)C)[C@@H]2C(C)C)c(C)c1. The molecule has 0 aromatic heterocycles. The van der Waals surface area contributed by atoms with Crippen LogP contribution in [0.3, 0.4) is 0 Å². The van der Waals surface area contributed by atoms with Crippen LogP contribution in [0.5, 0.6) is 0 Å². The molecule has 0 amide bonds. The van der Waals surface area contributed by atoms with Crippen molar-refractivity contribution in [2.75, 3.05) is 0 Å². The van der Waals surface area contributed by atoms with Crippen molar-refractivity contribution >= 4 is 16.0 Å². The maximum atomic E-state index is 13.3. The van der Waals surface area contributed by atoms with E-state index in [2.05, 4.69) is 0 Å². The lowest BCUT2D eigenvalue weighted by atomic mass is 10.1. The number of benzene rings is 1. The first-order chi connectivity index (χ1) is 12.3. The van der Waals surface area contributed by atoms with E-state index in [1.165, 1.54) is 10.4 Å². The van der Waals surface area contributed by atoms with E-state index in [0.29, 0.717) is 4.90 Å². The van der Waals surface area contributed by atoms with Gasteiger partial charge in [0.05, 0.1) is 10.9 Å². The monoisotopic (exact) mass is 393 g/mol. The Bertz CT molecular complexity index is 840. The lowest BCUT2D eigenvalue weighted by molar-refractivity contribution is -0.148. The highest BCUT2D eigenvalue weighted by Gasteiger charge is 2.55. The largest absolute Gasteiger partial charge is 0.457 e. The zero-order valence-corrected chi connectivity index (χ0v) is 18.3. The quantitative estimate of drug-likeness (QED) is 0.432. The zero-order valence-electron chi connectivity index (χ0n) is 17.5. The number of nitrogens with zero attached hydrogens (tertiary/aromatic N) is 1. The summed E-state index contributed by atoms with van der Waals surface area (Å²) in [6.45, 7) is 15.0. The molecule has 5 nitrogen and oxygen atoms in total. The van der Waals surface area contributed by atoms with E-state index in [0.717, 1.165) is 16.7 Å². The Labute approximate surface area is 163 Å². The number of ether oxygens (including phenoxy) is 1. The van der Waals surface area contributed by atoms with E-state index in [1.54, 1.807) is 26.8 Å². The normalized spacial score (nSPS) is 23.1. The fraction of sp³-hybridized carbons (Fsp3) is 0.571. The summed E-state index contributed by atoms with van der Waals surface area (Å²) in [4.78, 5) is 12.3. The van der Waals surface area contributed by atoms with Gasteiger partial charge in [-0.3, -0.25) is 0 Å². The van der Waals surface area contributed by atoms with Gasteiger partial charge < -0.3 is 4.74 Å². The minimum Gasteiger partial charge on any atom is -0.457 e. The Morgan fingerprint density at radius 3 is 2.11 bits per heavy atom. The molecule has 6 heteroatoms. The molecule has 1 aromatic rings. The fourth-order valence-corrected chi connectivity index (χ4v) is 5.94. The standard InChI is InChI=1S/C21H31NO4S/c1-13(2)19-17(9-10-18(23)26-21(6,7)8)22(19)27(24,25)20-15(4)11-14(3)12-16(20)5/h9-13,17,19H,1-8H3/b10-9+/t17-,19+,22?/m1/s1. The average molecular weight is 394 g/mol. The molecule has 0 saturated carbocycles. The molecule has 1 aliphatic heterocycles. The first-order valence-corrected chi connectivity index (χ1v) is 10.7. The maximum Gasteiger partial charge on any atom is 0.331 e. The Morgan fingerprint density at radius 2 is 1.67 bits per heavy atom. The molecular weight excluding hydrogens is 362 g/mol. The second-order valence-electron chi connectivity index (χ2n) is 8.68. The van der Waals surface area contributed by atoms with Gasteiger partial charge in [0, 0.05) is 12.1 Å². The summed E-state index contributed by atoms with van der Waals surface area (Å²) in [5, 5.41) is 0.